The third kappa shape index (κ3) is 7.96. The Morgan fingerprint density at radius 2 is 1.67 bits per heavy atom. The molecule has 21 heavy (non-hydrogen) atoms. The molecule has 0 radical (unpaired) electrons. The maximum absolute atomic E-state index is 9.47. The van der Waals surface area contributed by atoms with Crippen LogP contribution in [0.15, 0.2) is 18.2 Å². The first-order chi connectivity index (χ1) is 10.1. The fraction of sp³-hybridized carbons (Fsp3) is 0.667. The maximum Gasteiger partial charge on any atom is 0.116 e. The zero-order chi connectivity index (χ0) is 15.5. The summed E-state index contributed by atoms with van der Waals surface area (Å²) in [6.45, 7) is 2.25. The van der Waals surface area contributed by atoms with Gasteiger partial charge >= 0.3 is 0 Å². The number of unbranched alkanes of at least 4 members (excludes halogenated alkanes) is 5. The molecule has 1 atom stereocenters. The number of benzene rings is 1. The Morgan fingerprint density at radius 1 is 1.00 bits per heavy atom. The third-order valence-electron chi connectivity index (χ3n) is 4.08. The summed E-state index contributed by atoms with van der Waals surface area (Å²) in [7, 11) is 0. The van der Waals surface area contributed by atoms with E-state index >= 15 is 0 Å². The molecule has 3 nitrogen and oxygen atoms in total. The molecule has 0 spiro atoms. The van der Waals surface area contributed by atoms with Crippen LogP contribution in [0.1, 0.15) is 70.3 Å². The topological polar surface area (TPSA) is 72.3 Å². The number of aromatic hydroxyl groups is 1. The van der Waals surface area contributed by atoms with Gasteiger partial charge in [-0.2, -0.15) is 0 Å². The molecular formula is C18H32N2O. The summed E-state index contributed by atoms with van der Waals surface area (Å²) in [5.74, 6) is 0.288. The summed E-state index contributed by atoms with van der Waals surface area (Å²) in [5, 5.41) is 9.47. The number of phenolic OH excluding ortho intramolecular Hbond substituents is 1. The van der Waals surface area contributed by atoms with Crippen LogP contribution in [0.3, 0.4) is 0 Å². The molecule has 1 aromatic rings. The van der Waals surface area contributed by atoms with Crippen LogP contribution in [0.25, 0.3) is 0 Å². The maximum atomic E-state index is 9.47. The minimum Gasteiger partial charge on any atom is -0.508 e. The molecule has 0 saturated carbocycles. The van der Waals surface area contributed by atoms with Gasteiger partial charge in [0.1, 0.15) is 5.75 Å². The second kappa shape index (κ2) is 10.5. The molecule has 0 aromatic heterocycles. The van der Waals surface area contributed by atoms with Gasteiger partial charge in [0.2, 0.25) is 0 Å². The smallest absolute Gasteiger partial charge is 0.116 e. The normalized spacial score (nSPS) is 12.5. The lowest BCUT2D eigenvalue weighted by atomic mass is 9.99. The fourth-order valence-electron chi connectivity index (χ4n) is 2.69. The van der Waals surface area contributed by atoms with E-state index in [1.807, 2.05) is 0 Å². The van der Waals surface area contributed by atoms with Crippen molar-refractivity contribution in [2.75, 3.05) is 5.73 Å². The number of nitrogen functional groups attached to an aromatic ring is 1. The van der Waals surface area contributed by atoms with Crippen molar-refractivity contribution < 1.29 is 5.11 Å². The van der Waals surface area contributed by atoms with Crippen LogP contribution >= 0.6 is 0 Å². The number of anilines is 1. The first-order valence-electron chi connectivity index (χ1n) is 8.46. The lowest BCUT2D eigenvalue weighted by Crippen LogP contribution is -2.19. The van der Waals surface area contributed by atoms with Gasteiger partial charge in [-0.3, -0.25) is 0 Å². The Morgan fingerprint density at radius 3 is 2.43 bits per heavy atom. The molecule has 1 aromatic carbocycles. The molecule has 0 amide bonds. The van der Waals surface area contributed by atoms with Crippen molar-refractivity contribution >= 4 is 5.69 Å². The molecule has 0 aliphatic carbocycles. The van der Waals surface area contributed by atoms with Crippen LogP contribution in [-0.4, -0.2) is 11.1 Å². The molecule has 0 heterocycles. The van der Waals surface area contributed by atoms with Crippen LogP contribution in [0.4, 0.5) is 5.69 Å². The summed E-state index contributed by atoms with van der Waals surface area (Å²) in [4.78, 5) is 0. The summed E-state index contributed by atoms with van der Waals surface area (Å²) in [6, 6.07) is 5.45. The van der Waals surface area contributed by atoms with Gasteiger partial charge in [-0.1, -0.05) is 45.4 Å². The van der Waals surface area contributed by atoms with Crippen molar-refractivity contribution in [2.45, 2.75) is 77.2 Å². The van der Waals surface area contributed by atoms with E-state index in [1.165, 1.54) is 38.5 Å². The Hall–Kier alpha value is -1.22. The van der Waals surface area contributed by atoms with E-state index in [4.69, 9.17) is 11.5 Å². The van der Waals surface area contributed by atoms with Gasteiger partial charge in [0.05, 0.1) is 0 Å². The lowest BCUT2D eigenvalue weighted by Gasteiger charge is -2.12. The highest BCUT2D eigenvalue weighted by atomic mass is 16.3. The van der Waals surface area contributed by atoms with Gasteiger partial charge in [-0.25, -0.2) is 0 Å². The average molecular weight is 292 g/mol. The highest BCUT2D eigenvalue weighted by molar-refractivity contribution is 5.50. The van der Waals surface area contributed by atoms with Gasteiger partial charge in [0, 0.05) is 11.7 Å². The molecule has 1 rings (SSSR count). The minimum absolute atomic E-state index is 0.288. The van der Waals surface area contributed by atoms with Crippen LogP contribution < -0.4 is 11.5 Å². The molecular weight excluding hydrogens is 260 g/mol. The minimum atomic E-state index is 0.288. The number of rotatable bonds is 11. The molecule has 0 fully saturated rings. The van der Waals surface area contributed by atoms with Crippen LogP contribution in [0.5, 0.6) is 5.75 Å². The van der Waals surface area contributed by atoms with E-state index in [-0.39, 0.29) is 5.75 Å². The summed E-state index contributed by atoms with van der Waals surface area (Å²) in [6.07, 6.45) is 12.0. The largest absolute Gasteiger partial charge is 0.508 e. The summed E-state index contributed by atoms with van der Waals surface area (Å²) in [5.41, 5.74) is 13.9. The lowest BCUT2D eigenvalue weighted by molar-refractivity contribution is 0.474. The number of hydrogen-bond acceptors (Lipinski definition) is 3. The Balaban J connectivity index is 2.10. The molecule has 0 bridgehead atoms. The molecule has 120 valence electrons. The van der Waals surface area contributed by atoms with Gasteiger partial charge < -0.3 is 16.6 Å². The van der Waals surface area contributed by atoms with E-state index < -0.39 is 0 Å². The molecule has 5 N–H and O–H groups in total. The number of nitrogens with two attached hydrogens (primary N) is 2. The van der Waals surface area contributed by atoms with E-state index in [0.29, 0.717) is 6.04 Å². The molecule has 1 unspecified atom stereocenters. The fourth-order valence-corrected chi connectivity index (χ4v) is 2.69. The highest BCUT2D eigenvalue weighted by Crippen LogP contribution is 2.21. The predicted molar refractivity (Wildman–Crippen MR) is 91.4 cm³/mol. The Labute approximate surface area is 129 Å². The van der Waals surface area contributed by atoms with E-state index in [2.05, 4.69) is 6.92 Å². The van der Waals surface area contributed by atoms with E-state index in [0.717, 1.165) is 36.9 Å². The van der Waals surface area contributed by atoms with Gasteiger partial charge in [-0.05, 0) is 49.4 Å². The average Bonchev–Trinajstić information content (AvgIpc) is 2.46. The van der Waals surface area contributed by atoms with Crippen LogP contribution in [0.2, 0.25) is 0 Å². The van der Waals surface area contributed by atoms with Gasteiger partial charge in [0.15, 0.2) is 0 Å². The van der Waals surface area contributed by atoms with Crippen molar-refractivity contribution in [3.8, 4) is 5.75 Å². The van der Waals surface area contributed by atoms with Crippen molar-refractivity contribution in [2.24, 2.45) is 5.73 Å². The second-order valence-corrected chi connectivity index (χ2v) is 6.09. The molecule has 3 heteroatoms. The number of aryl methyl sites for hydroxylation is 1. The first-order valence-corrected chi connectivity index (χ1v) is 8.46. The van der Waals surface area contributed by atoms with Crippen molar-refractivity contribution in [3.63, 3.8) is 0 Å². The quantitative estimate of drug-likeness (QED) is 0.322. The van der Waals surface area contributed by atoms with Gasteiger partial charge in [-0.15, -0.1) is 0 Å². The molecule has 0 aliphatic rings. The third-order valence-corrected chi connectivity index (χ3v) is 4.08. The molecule has 0 aliphatic heterocycles. The molecule has 0 saturated heterocycles. The number of phenols is 1. The standard InChI is InChI=1S/C18H32N2O/c1-2-3-4-5-6-7-10-16(19)11-8-9-15-14-17(21)12-13-18(15)20/h12-14,16,21H,2-11,19-20H2,1H3. The predicted octanol–water partition coefficient (Wildman–Crippen LogP) is 4.38. The SMILES string of the molecule is CCCCCCCCC(N)CCCc1cc(O)ccc1N. The Kier molecular flexibility index (Phi) is 8.91. The number of hydrogen-bond donors (Lipinski definition) is 3. The Bertz CT molecular complexity index is 393. The van der Waals surface area contributed by atoms with E-state index in [9.17, 15) is 5.11 Å². The monoisotopic (exact) mass is 292 g/mol. The first kappa shape index (κ1) is 17.8. The second-order valence-electron chi connectivity index (χ2n) is 6.09. The van der Waals surface area contributed by atoms with Crippen LogP contribution in [0, 0.1) is 0 Å². The van der Waals surface area contributed by atoms with E-state index in [1.54, 1.807) is 18.2 Å². The van der Waals surface area contributed by atoms with Gasteiger partial charge in [0.25, 0.3) is 0 Å². The van der Waals surface area contributed by atoms with Crippen molar-refractivity contribution in [1.82, 2.24) is 0 Å². The zero-order valence-electron chi connectivity index (χ0n) is 13.5. The van der Waals surface area contributed by atoms with Crippen LogP contribution in [-0.2, 0) is 6.42 Å². The highest BCUT2D eigenvalue weighted by Gasteiger charge is 2.05. The summed E-state index contributed by atoms with van der Waals surface area (Å²) < 4.78 is 0. The van der Waals surface area contributed by atoms with Crippen molar-refractivity contribution in [3.05, 3.63) is 23.8 Å². The summed E-state index contributed by atoms with van der Waals surface area (Å²) >= 11 is 0. The van der Waals surface area contributed by atoms with Crippen molar-refractivity contribution in [1.29, 1.82) is 0 Å². The zero-order valence-corrected chi connectivity index (χ0v) is 13.5.